The number of amides is 1. The molecule has 0 saturated carbocycles. The highest BCUT2D eigenvalue weighted by molar-refractivity contribution is 9.10. The first-order valence-corrected chi connectivity index (χ1v) is 9.03. The highest BCUT2D eigenvalue weighted by Crippen LogP contribution is 2.21. The summed E-state index contributed by atoms with van der Waals surface area (Å²) in [6, 6.07) is 12.5. The van der Waals surface area contributed by atoms with E-state index >= 15 is 0 Å². The van der Waals surface area contributed by atoms with Crippen molar-refractivity contribution in [3.63, 3.8) is 0 Å². The number of carbonyl (C=O) groups is 1. The molecule has 0 saturated heterocycles. The van der Waals surface area contributed by atoms with Crippen LogP contribution < -0.4 is 14.9 Å². The zero-order chi connectivity index (χ0) is 18.8. The number of benzene rings is 2. The van der Waals surface area contributed by atoms with Crippen LogP contribution in [-0.2, 0) is 0 Å². The van der Waals surface area contributed by atoms with Gasteiger partial charge in [0, 0.05) is 15.6 Å². The number of rotatable bonds is 9. The predicted molar refractivity (Wildman–Crippen MR) is 107 cm³/mol. The predicted octanol–water partition coefficient (Wildman–Crippen LogP) is 4.57. The summed E-state index contributed by atoms with van der Waals surface area (Å²) in [5.74, 6) is 1.10. The molecule has 26 heavy (non-hydrogen) atoms. The van der Waals surface area contributed by atoms with Crippen LogP contribution in [-0.4, -0.2) is 25.3 Å². The van der Waals surface area contributed by atoms with Gasteiger partial charge in [0.1, 0.15) is 18.1 Å². The first-order chi connectivity index (χ1) is 12.6. The summed E-state index contributed by atoms with van der Waals surface area (Å²) < 4.78 is 12.0. The molecule has 0 radical (unpaired) electrons. The standard InChI is InChI=1S/C20H21BrN2O3/c1-3-11-25-18-8-5-15(6-9-18)20(24)23-22-14-16-13-17(21)7-10-19(16)26-12-4-2/h4-10,13-14H,2-3,11-12H2,1H3,(H,23,24)/b22-14+. The Hall–Kier alpha value is -2.60. The second-order valence-electron chi connectivity index (χ2n) is 5.35. The molecule has 2 rings (SSSR count). The molecule has 0 fully saturated rings. The van der Waals surface area contributed by atoms with Gasteiger partial charge < -0.3 is 9.47 Å². The normalized spacial score (nSPS) is 10.5. The highest BCUT2D eigenvalue weighted by atomic mass is 79.9. The molecule has 0 heterocycles. The Morgan fingerprint density at radius 1 is 1.23 bits per heavy atom. The Kier molecular flexibility index (Phi) is 7.89. The molecular formula is C20H21BrN2O3. The van der Waals surface area contributed by atoms with Gasteiger partial charge in [-0.15, -0.1) is 0 Å². The summed E-state index contributed by atoms with van der Waals surface area (Å²) in [6.45, 7) is 6.71. The molecule has 0 aromatic heterocycles. The van der Waals surface area contributed by atoms with Crippen molar-refractivity contribution in [2.45, 2.75) is 13.3 Å². The van der Waals surface area contributed by atoms with E-state index < -0.39 is 0 Å². The summed E-state index contributed by atoms with van der Waals surface area (Å²) in [5.41, 5.74) is 3.76. The first-order valence-electron chi connectivity index (χ1n) is 8.23. The van der Waals surface area contributed by atoms with Crippen molar-refractivity contribution in [1.29, 1.82) is 0 Å². The molecule has 2 aromatic carbocycles. The fraction of sp³-hybridized carbons (Fsp3) is 0.200. The average Bonchev–Trinajstić information content (AvgIpc) is 2.66. The summed E-state index contributed by atoms with van der Waals surface area (Å²) in [4.78, 5) is 12.2. The summed E-state index contributed by atoms with van der Waals surface area (Å²) in [7, 11) is 0. The Labute approximate surface area is 161 Å². The highest BCUT2D eigenvalue weighted by Gasteiger charge is 2.05. The van der Waals surface area contributed by atoms with Gasteiger partial charge in [-0.3, -0.25) is 4.79 Å². The molecule has 1 N–H and O–H groups in total. The summed E-state index contributed by atoms with van der Waals surface area (Å²) in [6.07, 6.45) is 4.14. The SMILES string of the molecule is C=CCOc1ccc(Br)cc1/C=N/NC(=O)c1ccc(OCCC)cc1. The Morgan fingerprint density at radius 3 is 2.69 bits per heavy atom. The topological polar surface area (TPSA) is 59.9 Å². The van der Waals surface area contributed by atoms with Crippen LogP contribution in [0.25, 0.3) is 0 Å². The number of carbonyl (C=O) groups excluding carboxylic acids is 1. The zero-order valence-electron chi connectivity index (χ0n) is 14.6. The van der Waals surface area contributed by atoms with Gasteiger partial charge in [0.05, 0.1) is 12.8 Å². The third-order valence-electron chi connectivity index (χ3n) is 3.29. The summed E-state index contributed by atoms with van der Waals surface area (Å²) >= 11 is 3.41. The number of hydrogen-bond acceptors (Lipinski definition) is 4. The lowest BCUT2D eigenvalue weighted by Crippen LogP contribution is -2.17. The van der Waals surface area contributed by atoms with E-state index in [9.17, 15) is 4.79 Å². The van der Waals surface area contributed by atoms with Gasteiger partial charge in [-0.2, -0.15) is 5.10 Å². The molecular weight excluding hydrogens is 396 g/mol. The van der Waals surface area contributed by atoms with Gasteiger partial charge in [0.15, 0.2) is 0 Å². The third-order valence-corrected chi connectivity index (χ3v) is 3.78. The van der Waals surface area contributed by atoms with Gasteiger partial charge in [-0.05, 0) is 48.9 Å². The van der Waals surface area contributed by atoms with Crippen LogP contribution in [0.5, 0.6) is 11.5 Å². The smallest absolute Gasteiger partial charge is 0.271 e. The minimum atomic E-state index is -0.299. The van der Waals surface area contributed by atoms with Crippen molar-refractivity contribution < 1.29 is 14.3 Å². The molecule has 0 bridgehead atoms. The van der Waals surface area contributed by atoms with Gasteiger partial charge in [-0.1, -0.05) is 35.5 Å². The van der Waals surface area contributed by atoms with E-state index in [-0.39, 0.29) is 5.91 Å². The first kappa shape index (κ1) is 19.7. The van der Waals surface area contributed by atoms with E-state index in [0.29, 0.717) is 24.5 Å². The average molecular weight is 417 g/mol. The van der Waals surface area contributed by atoms with Crippen LogP contribution in [0, 0.1) is 0 Å². The van der Waals surface area contributed by atoms with Crippen LogP contribution in [0.1, 0.15) is 29.3 Å². The Balaban J connectivity index is 2.00. The quantitative estimate of drug-likeness (QED) is 0.370. The maximum Gasteiger partial charge on any atom is 0.271 e. The van der Waals surface area contributed by atoms with Crippen molar-refractivity contribution >= 4 is 28.1 Å². The van der Waals surface area contributed by atoms with Crippen molar-refractivity contribution in [1.82, 2.24) is 5.43 Å². The second kappa shape index (κ2) is 10.4. The lowest BCUT2D eigenvalue weighted by molar-refractivity contribution is 0.0955. The fourth-order valence-electron chi connectivity index (χ4n) is 2.05. The number of hydrazone groups is 1. The number of nitrogens with one attached hydrogen (secondary N) is 1. The van der Waals surface area contributed by atoms with E-state index in [1.165, 1.54) is 0 Å². The summed E-state index contributed by atoms with van der Waals surface area (Å²) in [5, 5.41) is 4.02. The molecule has 5 nitrogen and oxygen atoms in total. The van der Waals surface area contributed by atoms with Gasteiger partial charge in [0.25, 0.3) is 5.91 Å². The Bertz CT molecular complexity index is 773. The molecule has 1 amide bonds. The lowest BCUT2D eigenvalue weighted by atomic mass is 10.2. The van der Waals surface area contributed by atoms with Crippen LogP contribution in [0.2, 0.25) is 0 Å². The van der Waals surface area contributed by atoms with Crippen molar-refractivity contribution in [3.05, 3.63) is 70.7 Å². The van der Waals surface area contributed by atoms with E-state index in [1.54, 1.807) is 36.6 Å². The van der Waals surface area contributed by atoms with E-state index in [1.807, 2.05) is 25.1 Å². The van der Waals surface area contributed by atoms with Crippen molar-refractivity contribution in [2.75, 3.05) is 13.2 Å². The van der Waals surface area contributed by atoms with Crippen LogP contribution in [0.15, 0.2) is 64.7 Å². The number of hydrogen-bond donors (Lipinski definition) is 1. The van der Waals surface area contributed by atoms with Crippen LogP contribution >= 0.6 is 15.9 Å². The van der Waals surface area contributed by atoms with Crippen LogP contribution in [0.3, 0.4) is 0 Å². The van der Waals surface area contributed by atoms with Gasteiger partial charge in [0.2, 0.25) is 0 Å². The monoisotopic (exact) mass is 416 g/mol. The molecule has 0 aliphatic heterocycles. The van der Waals surface area contributed by atoms with Crippen molar-refractivity contribution in [2.24, 2.45) is 5.10 Å². The molecule has 2 aromatic rings. The van der Waals surface area contributed by atoms with Gasteiger partial charge in [-0.25, -0.2) is 5.43 Å². The molecule has 136 valence electrons. The number of nitrogens with zero attached hydrogens (tertiary/aromatic N) is 1. The minimum absolute atomic E-state index is 0.299. The minimum Gasteiger partial charge on any atom is -0.494 e. The zero-order valence-corrected chi connectivity index (χ0v) is 16.2. The molecule has 0 aliphatic carbocycles. The number of halogens is 1. The second-order valence-corrected chi connectivity index (χ2v) is 6.27. The van der Waals surface area contributed by atoms with Crippen LogP contribution in [0.4, 0.5) is 0 Å². The third kappa shape index (κ3) is 6.04. The maximum absolute atomic E-state index is 12.2. The molecule has 0 unspecified atom stereocenters. The lowest BCUT2D eigenvalue weighted by Gasteiger charge is -2.07. The molecule has 0 aliphatic rings. The number of ether oxygens (including phenoxy) is 2. The largest absolute Gasteiger partial charge is 0.494 e. The van der Waals surface area contributed by atoms with Crippen molar-refractivity contribution in [3.8, 4) is 11.5 Å². The fourth-order valence-corrected chi connectivity index (χ4v) is 2.43. The molecule has 0 spiro atoms. The van der Waals surface area contributed by atoms with E-state index in [0.717, 1.165) is 22.2 Å². The maximum atomic E-state index is 12.2. The van der Waals surface area contributed by atoms with Gasteiger partial charge >= 0.3 is 0 Å². The molecule has 6 heteroatoms. The molecule has 0 atom stereocenters. The Morgan fingerprint density at radius 2 is 2.00 bits per heavy atom. The van der Waals surface area contributed by atoms with E-state index in [4.69, 9.17) is 9.47 Å². The van der Waals surface area contributed by atoms with E-state index in [2.05, 4.69) is 33.0 Å².